The largest absolute Gasteiger partial charge is 0.453 e. The molecular weight excluding hydrogens is 512 g/mol. The molecule has 3 aromatic carbocycles. The first-order chi connectivity index (χ1) is 17.9. The van der Waals surface area contributed by atoms with Gasteiger partial charge in [0.25, 0.3) is 5.69 Å². The van der Waals surface area contributed by atoms with Crippen molar-refractivity contribution in [3.8, 4) is 28.4 Å². The zero-order valence-electron chi connectivity index (χ0n) is 19.5. The van der Waals surface area contributed by atoms with Crippen LogP contribution in [-0.2, 0) is 0 Å². The number of ketones is 1. The number of hydrogen-bond acceptors (Lipinski definition) is 7. The number of furan rings is 1. The van der Waals surface area contributed by atoms with Crippen molar-refractivity contribution >= 4 is 34.8 Å². The molecule has 37 heavy (non-hydrogen) atoms. The number of nitro benzene ring substituents is 1. The minimum atomic E-state index is -0.525. The van der Waals surface area contributed by atoms with Crippen LogP contribution in [0, 0.1) is 17.0 Å². The fourth-order valence-corrected chi connectivity index (χ4v) is 4.88. The van der Waals surface area contributed by atoms with E-state index in [1.807, 2.05) is 66.1 Å². The lowest BCUT2D eigenvalue weighted by Gasteiger charge is -2.11. The predicted octanol–water partition coefficient (Wildman–Crippen LogP) is 7.04. The number of nitrogens with zero attached hydrogens (tertiary/aromatic N) is 4. The maximum absolute atomic E-state index is 13.0. The van der Waals surface area contributed by atoms with Crippen LogP contribution in [0.2, 0.25) is 5.02 Å². The number of thioether (sulfide) groups is 1. The van der Waals surface area contributed by atoms with Gasteiger partial charge in [-0.1, -0.05) is 65.8 Å². The van der Waals surface area contributed by atoms with Crippen LogP contribution >= 0.6 is 23.4 Å². The van der Waals surface area contributed by atoms with Crippen molar-refractivity contribution in [2.45, 2.75) is 12.1 Å². The van der Waals surface area contributed by atoms with Crippen molar-refractivity contribution < 1.29 is 14.1 Å². The van der Waals surface area contributed by atoms with Crippen molar-refractivity contribution in [3.63, 3.8) is 0 Å². The number of rotatable bonds is 8. The lowest BCUT2D eigenvalue weighted by molar-refractivity contribution is -0.384. The Hall–Kier alpha value is -4.21. The summed E-state index contributed by atoms with van der Waals surface area (Å²) in [5.41, 5.74) is 3.23. The highest BCUT2D eigenvalue weighted by Crippen LogP contribution is 2.33. The smallest absolute Gasteiger partial charge is 0.270 e. The van der Waals surface area contributed by atoms with Crippen LogP contribution in [-0.4, -0.2) is 31.2 Å². The highest BCUT2D eigenvalue weighted by molar-refractivity contribution is 7.99. The molecule has 0 aliphatic carbocycles. The fourth-order valence-electron chi connectivity index (χ4n) is 3.79. The molecule has 0 aliphatic rings. The van der Waals surface area contributed by atoms with E-state index in [0.29, 0.717) is 22.3 Å². The second-order valence-electron chi connectivity index (χ2n) is 8.14. The Morgan fingerprint density at radius 2 is 1.84 bits per heavy atom. The third-order valence-electron chi connectivity index (χ3n) is 5.57. The average molecular weight is 531 g/mol. The summed E-state index contributed by atoms with van der Waals surface area (Å²) in [7, 11) is 0. The van der Waals surface area contributed by atoms with E-state index in [2.05, 4.69) is 10.2 Å². The van der Waals surface area contributed by atoms with Crippen molar-refractivity contribution in [1.82, 2.24) is 14.8 Å². The molecule has 8 nitrogen and oxygen atoms in total. The monoisotopic (exact) mass is 530 g/mol. The molecule has 2 heterocycles. The van der Waals surface area contributed by atoms with Crippen LogP contribution in [0.1, 0.15) is 16.1 Å². The Kier molecular flexibility index (Phi) is 6.89. The Balaban J connectivity index is 1.39. The highest BCUT2D eigenvalue weighted by Gasteiger charge is 2.20. The van der Waals surface area contributed by atoms with Gasteiger partial charge < -0.3 is 4.42 Å². The Morgan fingerprint density at radius 3 is 2.57 bits per heavy atom. The number of hydrogen-bond donors (Lipinski definition) is 0. The summed E-state index contributed by atoms with van der Waals surface area (Å²) in [5.74, 6) is 1.01. The number of non-ortho nitro benzene ring substituents is 1. The van der Waals surface area contributed by atoms with Gasteiger partial charge in [0.15, 0.2) is 16.7 Å². The number of aryl methyl sites for hydroxylation is 1. The minimum absolute atomic E-state index is 0.0691. The first kappa shape index (κ1) is 24.5. The number of carbonyl (C=O) groups excluding carboxylic acids is 1. The average Bonchev–Trinajstić information content (AvgIpc) is 3.55. The molecule has 0 fully saturated rings. The van der Waals surface area contributed by atoms with Gasteiger partial charge in [-0.2, -0.15) is 0 Å². The first-order valence-electron chi connectivity index (χ1n) is 11.2. The van der Waals surface area contributed by atoms with Crippen LogP contribution in [0.4, 0.5) is 5.69 Å². The van der Waals surface area contributed by atoms with Gasteiger partial charge in [-0.3, -0.25) is 19.5 Å². The summed E-state index contributed by atoms with van der Waals surface area (Å²) in [6.45, 7) is 2.01. The Bertz CT molecular complexity index is 1610. The van der Waals surface area contributed by atoms with Gasteiger partial charge in [-0.05, 0) is 42.8 Å². The summed E-state index contributed by atoms with van der Waals surface area (Å²) in [6, 6.07) is 25.0. The molecule has 0 saturated carbocycles. The van der Waals surface area contributed by atoms with Crippen molar-refractivity contribution in [2.75, 3.05) is 5.75 Å². The molecule has 0 aliphatic heterocycles. The lowest BCUT2D eigenvalue weighted by atomic mass is 10.1. The molecule has 184 valence electrons. The summed E-state index contributed by atoms with van der Waals surface area (Å²) in [5, 5.41) is 20.5. The first-order valence-corrected chi connectivity index (χ1v) is 12.5. The van der Waals surface area contributed by atoms with Gasteiger partial charge in [-0.25, -0.2) is 0 Å². The second-order valence-corrected chi connectivity index (χ2v) is 9.49. The van der Waals surface area contributed by atoms with Crippen LogP contribution < -0.4 is 0 Å². The van der Waals surface area contributed by atoms with Crippen LogP contribution in [0.5, 0.6) is 0 Å². The molecule has 0 radical (unpaired) electrons. The Morgan fingerprint density at radius 1 is 1.03 bits per heavy atom. The second kappa shape index (κ2) is 10.4. The number of carbonyl (C=O) groups is 1. The van der Waals surface area contributed by atoms with E-state index < -0.39 is 4.92 Å². The van der Waals surface area contributed by atoms with Crippen molar-refractivity contribution in [3.05, 3.63) is 111 Å². The zero-order chi connectivity index (χ0) is 25.9. The van der Waals surface area contributed by atoms with E-state index in [-0.39, 0.29) is 28.0 Å². The molecule has 0 N–H and O–H groups in total. The van der Waals surface area contributed by atoms with Crippen LogP contribution in [0.15, 0.2) is 94.5 Å². The summed E-state index contributed by atoms with van der Waals surface area (Å²) in [6.07, 6.45) is 0. The third-order valence-corrected chi connectivity index (χ3v) is 6.81. The Labute approximate surface area is 221 Å². The summed E-state index contributed by atoms with van der Waals surface area (Å²) >= 11 is 7.46. The van der Waals surface area contributed by atoms with Gasteiger partial charge in [0, 0.05) is 28.9 Å². The van der Waals surface area contributed by atoms with Gasteiger partial charge in [0.05, 0.1) is 15.7 Å². The van der Waals surface area contributed by atoms with Gasteiger partial charge >= 0.3 is 0 Å². The number of nitro groups is 1. The van der Waals surface area contributed by atoms with Crippen LogP contribution in [0.3, 0.4) is 0 Å². The molecule has 0 unspecified atom stereocenters. The van der Waals surface area contributed by atoms with E-state index in [1.54, 1.807) is 12.1 Å². The quantitative estimate of drug-likeness (QED) is 0.0916. The highest BCUT2D eigenvalue weighted by atomic mass is 35.5. The summed E-state index contributed by atoms with van der Waals surface area (Å²) < 4.78 is 7.68. The maximum Gasteiger partial charge on any atom is 0.270 e. The molecule has 5 rings (SSSR count). The fraction of sp³-hybridized carbons (Fsp3) is 0.0741. The third kappa shape index (κ3) is 5.18. The number of Topliss-reactive ketones (excluding diaryl/α,β-unsaturated/α-hetero) is 1. The maximum atomic E-state index is 13.0. The molecule has 0 atom stereocenters. The van der Waals surface area contributed by atoms with Crippen LogP contribution in [0.25, 0.3) is 28.4 Å². The molecule has 5 aromatic rings. The molecule has 10 heteroatoms. The molecule has 0 bridgehead atoms. The van der Waals surface area contributed by atoms with Crippen molar-refractivity contribution in [1.29, 1.82) is 0 Å². The normalized spacial score (nSPS) is 11.0. The van der Waals surface area contributed by atoms with Gasteiger partial charge in [0.1, 0.15) is 5.76 Å². The molecule has 2 aromatic heterocycles. The van der Waals surface area contributed by atoms with Crippen molar-refractivity contribution in [2.24, 2.45) is 0 Å². The van der Waals surface area contributed by atoms with E-state index in [0.717, 1.165) is 16.8 Å². The molecular formula is C27H19ClN4O4S. The lowest BCUT2D eigenvalue weighted by Crippen LogP contribution is -2.04. The summed E-state index contributed by atoms with van der Waals surface area (Å²) in [4.78, 5) is 23.4. The van der Waals surface area contributed by atoms with E-state index in [1.165, 1.54) is 30.0 Å². The van der Waals surface area contributed by atoms with Gasteiger partial charge in [-0.15, -0.1) is 10.2 Å². The predicted molar refractivity (Wildman–Crippen MR) is 142 cm³/mol. The molecule has 0 spiro atoms. The topological polar surface area (TPSA) is 104 Å². The SMILES string of the molecule is Cc1cccc(-n2c(SCC(=O)c3ccc(-c4ccc([N+](=O)[O-])cc4Cl)o3)nnc2-c2ccccc2)c1. The zero-order valence-corrected chi connectivity index (χ0v) is 21.1. The molecule has 0 amide bonds. The number of benzene rings is 3. The number of aromatic nitrogens is 3. The van der Waals surface area contributed by atoms with E-state index in [9.17, 15) is 14.9 Å². The van der Waals surface area contributed by atoms with E-state index >= 15 is 0 Å². The molecule has 0 saturated heterocycles. The number of halogens is 1. The van der Waals surface area contributed by atoms with E-state index in [4.69, 9.17) is 16.0 Å². The van der Waals surface area contributed by atoms with Gasteiger partial charge in [0.2, 0.25) is 5.78 Å². The standard InChI is InChI=1S/C27H19ClN4O4S/c1-17-6-5-9-19(14-17)31-26(18-7-3-2-4-8-18)29-30-27(31)37-16-23(33)25-13-12-24(36-25)21-11-10-20(32(34)35)15-22(21)28/h2-15H,16H2,1H3. The minimum Gasteiger partial charge on any atom is -0.453 e.